The van der Waals surface area contributed by atoms with E-state index in [1.54, 1.807) is 4.31 Å². The molecule has 3 rings (SSSR count). The first-order valence-electron chi connectivity index (χ1n) is 10.9. The van der Waals surface area contributed by atoms with E-state index in [4.69, 9.17) is 0 Å². The third-order valence-electron chi connectivity index (χ3n) is 6.14. The molecule has 1 aromatic carbocycles. The van der Waals surface area contributed by atoms with Crippen molar-refractivity contribution in [3.8, 4) is 0 Å². The number of hydrogen-bond donors (Lipinski definition) is 1. The number of nitrogens with zero attached hydrogens (tertiary/aromatic N) is 2. The van der Waals surface area contributed by atoms with Gasteiger partial charge in [-0.2, -0.15) is 17.0 Å². The lowest BCUT2D eigenvalue weighted by molar-refractivity contribution is -0.126. The Morgan fingerprint density at radius 2 is 1.66 bits per heavy atom. The van der Waals surface area contributed by atoms with Crippen molar-refractivity contribution in [1.82, 2.24) is 13.9 Å². The fourth-order valence-electron chi connectivity index (χ4n) is 4.55. The van der Waals surface area contributed by atoms with Gasteiger partial charge >= 0.3 is 0 Å². The minimum Gasteiger partial charge on any atom is -0.352 e. The molecule has 29 heavy (non-hydrogen) atoms. The summed E-state index contributed by atoms with van der Waals surface area (Å²) in [7, 11) is -3.51. The Labute approximate surface area is 175 Å². The summed E-state index contributed by atoms with van der Waals surface area (Å²) in [5.74, 6) is 0.408. The molecule has 0 saturated carbocycles. The van der Waals surface area contributed by atoms with E-state index in [1.807, 2.05) is 12.1 Å². The molecule has 2 fully saturated rings. The van der Waals surface area contributed by atoms with Gasteiger partial charge in [0.15, 0.2) is 0 Å². The zero-order valence-electron chi connectivity index (χ0n) is 17.9. The van der Waals surface area contributed by atoms with E-state index in [1.165, 1.54) is 9.87 Å². The minimum atomic E-state index is -3.51. The smallest absolute Gasteiger partial charge is 0.282 e. The summed E-state index contributed by atoms with van der Waals surface area (Å²) >= 11 is 0. The number of carbonyl (C=O) groups excluding carboxylic acids is 1. The molecule has 0 aliphatic carbocycles. The van der Waals surface area contributed by atoms with Gasteiger partial charge in [-0.05, 0) is 48.6 Å². The van der Waals surface area contributed by atoms with E-state index in [9.17, 15) is 13.2 Å². The second-order valence-electron chi connectivity index (χ2n) is 8.86. The lowest BCUT2D eigenvalue weighted by Gasteiger charge is -2.39. The summed E-state index contributed by atoms with van der Waals surface area (Å²) in [4.78, 5) is 12.7. The van der Waals surface area contributed by atoms with E-state index < -0.39 is 10.2 Å². The van der Waals surface area contributed by atoms with Crippen molar-refractivity contribution >= 4 is 16.1 Å². The second-order valence-corrected chi connectivity index (χ2v) is 10.8. The van der Waals surface area contributed by atoms with Crippen LogP contribution in [0.15, 0.2) is 24.3 Å². The maximum Gasteiger partial charge on any atom is 0.282 e. The predicted octanol–water partition coefficient (Wildman–Crippen LogP) is 2.80. The van der Waals surface area contributed by atoms with Crippen LogP contribution in [0.1, 0.15) is 51.2 Å². The van der Waals surface area contributed by atoms with Crippen molar-refractivity contribution < 1.29 is 13.2 Å². The first kappa shape index (κ1) is 22.2. The molecule has 2 aliphatic rings. The number of rotatable bonds is 6. The Morgan fingerprint density at radius 3 is 2.28 bits per heavy atom. The highest BCUT2D eigenvalue weighted by Crippen LogP contribution is 2.27. The number of carbonyl (C=O) groups is 1. The van der Waals surface area contributed by atoms with Gasteiger partial charge < -0.3 is 5.32 Å². The maximum absolute atomic E-state index is 13.2. The minimum absolute atomic E-state index is 0.0511. The second kappa shape index (κ2) is 9.58. The number of nitrogens with one attached hydrogen (secondary N) is 1. The van der Waals surface area contributed by atoms with Crippen LogP contribution >= 0.6 is 0 Å². The summed E-state index contributed by atoms with van der Waals surface area (Å²) in [6, 6.07) is 8.24. The molecule has 162 valence electrons. The molecule has 2 saturated heterocycles. The molecule has 2 aliphatic heterocycles. The van der Waals surface area contributed by atoms with Gasteiger partial charge in [-0.3, -0.25) is 4.79 Å². The highest BCUT2D eigenvalue weighted by Gasteiger charge is 2.38. The maximum atomic E-state index is 13.2. The first-order chi connectivity index (χ1) is 13.8. The standard InChI is InChI=1S/C22H35N3O3S/c1-4-19-7-9-20(10-8-19)13-23-22(26)21-6-5-11-24(16-21)29(27,28)25-14-17(2)12-18(3)15-25/h7-10,17-18,21H,4-6,11-16H2,1-3H3,(H,23,26)/t17-,18-,21-/m1/s1. The van der Waals surface area contributed by atoms with E-state index in [2.05, 4.69) is 38.2 Å². The van der Waals surface area contributed by atoms with Gasteiger partial charge in [0.05, 0.1) is 5.92 Å². The zero-order valence-corrected chi connectivity index (χ0v) is 18.7. The lowest BCUT2D eigenvalue weighted by atomic mass is 9.94. The Morgan fingerprint density at radius 1 is 1.03 bits per heavy atom. The molecule has 0 unspecified atom stereocenters. The van der Waals surface area contributed by atoms with Crippen molar-refractivity contribution in [3.63, 3.8) is 0 Å². The van der Waals surface area contributed by atoms with Gasteiger partial charge in [-0.25, -0.2) is 0 Å². The Bertz CT molecular complexity index is 784. The first-order valence-corrected chi connectivity index (χ1v) is 12.3. The van der Waals surface area contributed by atoms with Gasteiger partial charge in [0.25, 0.3) is 10.2 Å². The molecular weight excluding hydrogens is 386 g/mol. The number of piperidine rings is 2. The Balaban J connectivity index is 1.58. The lowest BCUT2D eigenvalue weighted by Crippen LogP contribution is -2.53. The molecule has 1 amide bonds. The summed E-state index contributed by atoms with van der Waals surface area (Å²) in [6.45, 7) is 8.75. The highest BCUT2D eigenvalue weighted by molar-refractivity contribution is 7.86. The van der Waals surface area contributed by atoms with Crippen molar-refractivity contribution in [2.75, 3.05) is 26.2 Å². The molecule has 2 heterocycles. The summed E-state index contributed by atoms with van der Waals surface area (Å²) in [5.41, 5.74) is 2.33. The molecule has 1 aromatic rings. The van der Waals surface area contributed by atoms with Crippen LogP contribution in [0.25, 0.3) is 0 Å². The molecule has 3 atom stereocenters. The number of hydrogen-bond acceptors (Lipinski definition) is 3. The quantitative estimate of drug-likeness (QED) is 0.768. The summed E-state index contributed by atoms with van der Waals surface area (Å²) < 4.78 is 29.5. The number of amides is 1. The zero-order chi connectivity index (χ0) is 21.0. The topological polar surface area (TPSA) is 69.7 Å². The fraction of sp³-hybridized carbons (Fsp3) is 0.682. The monoisotopic (exact) mass is 421 g/mol. The van der Waals surface area contributed by atoms with Crippen LogP contribution in [0.5, 0.6) is 0 Å². The van der Waals surface area contributed by atoms with E-state index >= 15 is 0 Å². The molecule has 0 aromatic heterocycles. The van der Waals surface area contributed by atoms with E-state index in [-0.39, 0.29) is 18.4 Å². The van der Waals surface area contributed by atoms with Gasteiger partial charge in [0, 0.05) is 32.7 Å². The normalized spacial score (nSPS) is 26.9. The predicted molar refractivity (Wildman–Crippen MR) is 115 cm³/mol. The van der Waals surface area contributed by atoms with Crippen LogP contribution in [0.2, 0.25) is 0 Å². The SMILES string of the molecule is CCc1ccc(CNC(=O)[C@@H]2CCCN(S(=O)(=O)N3C[C@H](C)C[C@@H](C)C3)C2)cc1. The molecule has 6 nitrogen and oxygen atoms in total. The van der Waals surface area contributed by atoms with Gasteiger partial charge in [-0.1, -0.05) is 45.0 Å². The summed E-state index contributed by atoms with van der Waals surface area (Å²) in [5, 5.41) is 3.00. The average molecular weight is 422 g/mol. The average Bonchev–Trinajstić information content (AvgIpc) is 2.71. The Kier molecular flexibility index (Phi) is 7.35. The molecule has 0 bridgehead atoms. The number of benzene rings is 1. The van der Waals surface area contributed by atoms with Gasteiger partial charge in [0.2, 0.25) is 5.91 Å². The van der Waals surface area contributed by atoms with E-state index in [0.717, 1.165) is 31.2 Å². The van der Waals surface area contributed by atoms with Crippen LogP contribution in [0, 0.1) is 17.8 Å². The van der Waals surface area contributed by atoms with Crippen molar-refractivity contribution in [3.05, 3.63) is 35.4 Å². The van der Waals surface area contributed by atoms with Crippen molar-refractivity contribution in [2.45, 2.75) is 53.0 Å². The molecule has 7 heteroatoms. The van der Waals surface area contributed by atoms with Crippen LogP contribution < -0.4 is 5.32 Å². The van der Waals surface area contributed by atoms with Crippen LogP contribution in [-0.4, -0.2) is 49.1 Å². The Hall–Kier alpha value is -1.44. The number of aryl methyl sites for hydroxylation is 1. The molecular formula is C22H35N3O3S. The largest absolute Gasteiger partial charge is 0.352 e. The van der Waals surface area contributed by atoms with Gasteiger partial charge in [0.1, 0.15) is 0 Å². The van der Waals surface area contributed by atoms with Gasteiger partial charge in [-0.15, -0.1) is 0 Å². The van der Waals surface area contributed by atoms with Crippen molar-refractivity contribution in [2.24, 2.45) is 17.8 Å². The molecule has 0 radical (unpaired) electrons. The summed E-state index contributed by atoms with van der Waals surface area (Å²) in [6.07, 6.45) is 3.52. The third kappa shape index (κ3) is 5.58. The van der Waals surface area contributed by atoms with E-state index in [0.29, 0.717) is 38.0 Å². The fourth-order valence-corrected chi connectivity index (χ4v) is 6.49. The third-order valence-corrected chi connectivity index (χ3v) is 8.08. The van der Waals surface area contributed by atoms with Crippen LogP contribution in [0.4, 0.5) is 0 Å². The highest BCUT2D eigenvalue weighted by atomic mass is 32.2. The molecule has 1 N–H and O–H groups in total. The van der Waals surface area contributed by atoms with Crippen molar-refractivity contribution in [1.29, 1.82) is 0 Å². The van der Waals surface area contributed by atoms with Crippen LogP contribution in [0.3, 0.4) is 0 Å². The van der Waals surface area contributed by atoms with Crippen LogP contribution in [-0.2, 0) is 28.0 Å². The molecule has 0 spiro atoms.